The van der Waals surface area contributed by atoms with Crippen molar-refractivity contribution in [3.8, 4) is 0 Å². The predicted octanol–water partition coefficient (Wildman–Crippen LogP) is 0.661. The van der Waals surface area contributed by atoms with E-state index in [0.717, 1.165) is 43.4 Å². The Morgan fingerprint density at radius 1 is 1.52 bits per heavy atom. The van der Waals surface area contributed by atoms with Crippen molar-refractivity contribution in [3.63, 3.8) is 0 Å². The van der Waals surface area contributed by atoms with E-state index in [1.165, 1.54) is 0 Å². The van der Waals surface area contributed by atoms with Crippen molar-refractivity contribution >= 4 is 17.2 Å². The lowest BCUT2D eigenvalue weighted by Crippen LogP contribution is -2.53. The predicted molar refractivity (Wildman–Crippen MR) is 92.5 cm³/mol. The van der Waals surface area contributed by atoms with Crippen LogP contribution in [0.1, 0.15) is 24.5 Å². The monoisotopic (exact) mass is 340 g/mol. The number of aliphatic hydroxyl groups excluding tert-OH is 1. The number of rotatable bonds is 6. The Hall–Kier alpha value is -1.02. The van der Waals surface area contributed by atoms with Gasteiger partial charge in [-0.2, -0.15) is 0 Å². The summed E-state index contributed by atoms with van der Waals surface area (Å²) in [4.78, 5) is 22.7. The summed E-state index contributed by atoms with van der Waals surface area (Å²) in [6, 6.07) is 0.437. The van der Waals surface area contributed by atoms with Crippen LogP contribution in [-0.4, -0.2) is 83.1 Å². The first-order valence-corrected chi connectivity index (χ1v) is 9.01. The van der Waals surface area contributed by atoms with Crippen LogP contribution in [0.2, 0.25) is 0 Å². The van der Waals surface area contributed by atoms with E-state index in [2.05, 4.69) is 27.1 Å². The average Bonchev–Trinajstić information content (AvgIpc) is 2.88. The summed E-state index contributed by atoms with van der Waals surface area (Å²) in [6.07, 6.45) is 0.107. The Balaban J connectivity index is 1.84. The normalized spacial score (nSPS) is 21.3. The van der Waals surface area contributed by atoms with Crippen molar-refractivity contribution in [1.82, 2.24) is 19.7 Å². The average molecular weight is 340 g/mol. The van der Waals surface area contributed by atoms with Crippen LogP contribution in [0.15, 0.2) is 5.38 Å². The second-order valence-corrected chi connectivity index (χ2v) is 7.57. The van der Waals surface area contributed by atoms with Crippen molar-refractivity contribution in [2.24, 2.45) is 0 Å². The molecule has 1 aromatic rings. The molecule has 1 saturated heterocycles. The van der Waals surface area contributed by atoms with Crippen LogP contribution < -0.4 is 0 Å². The number of hydrogen-bond acceptors (Lipinski definition) is 6. The zero-order valence-corrected chi connectivity index (χ0v) is 15.3. The van der Waals surface area contributed by atoms with Gasteiger partial charge in [-0.15, -0.1) is 11.3 Å². The third-order valence-electron chi connectivity index (χ3n) is 4.13. The summed E-state index contributed by atoms with van der Waals surface area (Å²) in [6.45, 7) is 8.56. The summed E-state index contributed by atoms with van der Waals surface area (Å²) in [5.74, 6) is 0.0891. The van der Waals surface area contributed by atoms with Gasteiger partial charge in [0.1, 0.15) is 5.01 Å². The molecule has 0 spiro atoms. The standard InChI is InChI=1S/C16H28N4O2S/c1-12-8-19(5-6-20(12)9-13(2)21)10-14-11-23-15(17-14)7-16(22)18(3)4/h11-13,21H,5-10H2,1-4H3. The van der Waals surface area contributed by atoms with Crippen molar-refractivity contribution in [1.29, 1.82) is 0 Å². The first-order chi connectivity index (χ1) is 10.8. The highest BCUT2D eigenvalue weighted by atomic mass is 32.1. The molecule has 0 aromatic carbocycles. The van der Waals surface area contributed by atoms with Gasteiger partial charge in [0.15, 0.2) is 0 Å². The van der Waals surface area contributed by atoms with E-state index in [-0.39, 0.29) is 12.0 Å². The number of nitrogens with zero attached hydrogens (tertiary/aromatic N) is 4. The molecule has 7 heteroatoms. The molecule has 2 rings (SSSR count). The van der Waals surface area contributed by atoms with Gasteiger partial charge >= 0.3 is 0 Å². The molecule has 1 fully saturated rings. The van der Waals surface area contributed by atoms with Gasteiger partial charge in [-0.3, -0.25) is 14.6 Å². The molecule has 2 heterocycles. The van der Waals surface area contributed by atoms with Crippen molar-refractivity contribution in [2.75, 3.05) is 40.3 Å². The Kier molecular flexibility index (Phi) is 6.52. The summed E-state index contributed by atoms with van der Waals surface area (Å²) in [5, 5.41) is 12.5. The van der Waals surface area contributed by atoms with E-state index in [9.17, 15) is 9.90 Å². The smallest absolute Gasteiger partial charge is 0.228 e. The van der Waals surface area contributed by atoms with E-state index >= 15 is 0 Å². The van der Waals surface area contributed by atoms with Crippen LogP contribution in [0.25, 0.3) is 0 Å². The number of aliphatic hydroxyl groups is 1. The van der Waals surface area contributed by atoms with Crippen molar-refractivity contribution in [2.45, 2.75) is 39.0 Å². The third-order valence-corrected chi connectivity index (χ3v) is 5.03. The zero-order valence-electron chi connectivity index (χ0n) is 14.5. The van der Waals surface area contributed by atoms with Gasteiger partial charge in [-0.1, -0.05) is 0 Å². The molecule has 1 aliphatic heterocycles. The van der Waals surface area contributed by atoms with E-state index in [0.29, 0.717) is 12.5 Å². The van der Waals surface area contributed by atoms with Crippen LogP contribution in [0.5, 0.6) is 0 Å². The number of thiazole rings is 1. The van der Waals surface area contributed by atoms with Gasteiger partial charge in [-0.05, 0) is 13.8 Å². The van der Waals surface area contributed by atoms with Crippen LogP contribution in [0, 0.1) is 0 Å². The highest BCUT2D eigenvalue weighted by Crippen LogP contribution is 2.16. The molecule has 0 saturated carbocycles. The van der Waals surface area contributed by atoms with Gasteiger partial charge in [0.2, 0.25) is 5.91 Å². The molecule has 2 unspecified atom stereocenters. The molecule has 0 radical (unpaired) electrons. The molecule has 2 atom stereocenters. The number of piperazine rings is 1. The Labute approximate surface area is 142 Å². The lowest BCUT2D eigenvalue weighted by molar-refractivity contribution is -0.127. The summed E-state index contributed by atoms with van der Waals surface area (Å²) < 4.78 is 0. The van der Waals surface area contributed by atoms with Crippen LogP contribution in [0.3, 0.4) is 0 Å². The highest BCUT2D eigenvalue weighted by molar-refractivity contribution is 7.09. The molecule has 1 amide bonds. The Bertz CT molecular complexity index is 518. The number of likely N-dealkylation sites (N-methyl/N-ethyl adjacent to an activating group) is 1. The van der Waals surface area contributed by atoms with Gasteiger partial charge < -0.3 is 10.0 Å². The van der Waals surface area contributed by atoms with Crippen molar-refractivity contribution < 1.29 is 9.90 Å². The molecule has 1 aromatic heterocycles. The second kappa shape index (κ2) is 8.19. The molecule has 1 aliphatic rings. The fourth-order valence-corrected chi connectivity index (χ4v) is 3.62. The lowest BCUT2D eigenvalue weighted by Gasteiger charge is -2.40. The summed E-state index contributed by atoms with van der Waals surface area (Å²) >= 11 is 1.56. The molecule has 23 heavy (non-hydrogen) atoms. The first-order valence-electron chi connectivity index (χ1n) is 8.13. The molecular formula is C16H28N4O2S. The number of aromatic nitrogens is 1. The van der Waals surface area contributed by atoms with Gasteiger partial charge in [0.25, 0.3) is 0 Å². The van der Waals surface area contributed by atoms with Crippen LogP contribution in [0.4, 0.5) is 0 Å². The molecule has 6 nitrogen and oxygen atoms in total. The highest BCUT2D eigenvalue weighted by Gasteiger charge is 2.24. The Morgan fingerprint density at radius 2 is 2.26 bits per heavy atom. The first kappa shape index (κ1) is 18.3. The molecule has 0 aliphatic carbocycles. The maximum absolute atomic E-state index is 11.7. The summed E-state index contributed by atoms with van der Waals surface area (Å²) in [7, 11) is 3.54. The van der Waals surface area contributed by atoms with Crippen LogP contribution >= 0.6 is 11.3 Å². The lowest BCUT2D eigenvalue weighted by atomic mass is 10.1. The molecule has 1 N–H and O–H groups in total. The largest absolute Gasteiger partial charge is 0.392 e. The molecule has 0 bridgehead atoms. The summed E-state index contributed by atoms with van der Waals surface area (Å²) in [5.41, 5.74) is 1.05. The Morgan fingerprint density at radius 3 is 2.87 bits per heavy atom. The topological polar surface area (TPSA) is 59.9 Å². The third kappa shape index (κ3) is 5.53. The van der Waals surface area contributed by atoms with Gasteiger partial charge in [-0.25, -0.2) is 4.98 Å². The minimum atomic E-state index is -0.278. The number of β-amino-alcohol motifs (C(OH)–C–C–N with tert-alkyl or cyclic N) is 1. The molecular weight excluding hydrogens is 312 g/mol. The molecule has 130 valence electrons. The number of hydrogen-bond donors (Lipinski definition) is 1. The number of carbonyl (C=O) groups excluding carboxylic acids is 1. The fraction of sp³-hybridized carbons (Fsp3) is 0.750. The number of carbonyl (C=O) groups is 1. The van der Waals surface area contributed by atoms with Crippen molar-refractivity contribution in [3.05, 3.63) is 16.1 Å². The maximum atomic E-state index is 11.7. The van der Waals surface area contributed by atoms with E-state index in [1.807, 2.05) is 6.92 Å². The quantitative estimate of drug-likeness (QED) is 0.824. The minimum Gasteiger partial charge on any atom is -0.392 e. The fourth-order valence-electron chi connectivity index (χ4n) is 2.84. The minimum absolute atomic E-state index is 0.0891. The van der Waals surface area contributed by atoms with Gasteiger partial charge in [0, 0.05) is 58.2 Å². The van der Waals surface area contributed by atoms with Crippen LogP contribution in [-0.2, 0) is 17.8 Å². The SMILES string of the molecule is CC(O)CN1CCN(Cc2csc(CC(=O)N(C)C)n2)CC1C. The van der Waals surface area contributed by atoms with E-state index in [1.54, 1.807) is 30.3 Å². The van der Waals surface area contributed by atoms with Gasteiger partial charge in [0.05, 0.1) is 18.2 Å². The van der Waals surface area contributed by atoms with E-state index in [4.69, 9.17) is 0 Å². The maximum Gasteiger partial charge on any atom is 0.228 e. The second-order valence-electron chi connectivity index (χ2n) is 6.63. The zero-order chi connectivity index (χ0) is 17.0. The number of amides is 1. The van der Waals surface area contributed by atoms with E-state index < -0.39 is 0 Å².